The van der Waals surface area contributed by atoms with Crippen molar-refractivity contribution in [2.75, 3.05) is 31.6 Å². The lowest BCUT2D eigenvalue weighted by atomic mass is 10.0. The fourth-order valence-corrected chi connectivity index (χ4v) is 6.56. The Balaban J connectivity index is 1.82. The summed E-state index contributed by atoms with van der Waals surface area (Å²) in [7, 11) is -1.65. The molecular weight excluding hydrogens is 633 g/mol. The molecular formula is C34H35ClFN3O6S. The van der Waals surface area contributed by atoms with Crippen LogP contribution in [0.25, 0.3) is 0 Å². The number of benzene rings is 4. The molecule has 0 fully saturated rings. The lowest BCUT2D eigenvalue weighted by Crippen LogP contribution is -2.53. The Labute approximate surface area is 273 Å². The van der Waals surface area contributed by atoms with Crippen LogP contribution >= 0.6 is 11.6 Å². The monoisotopic (exact) mass is 667 g/mol. The van der Waals surface area contributed by atoms with Crippen LogP contribution < -0.4 is 19.1 Å². The Kier molecular flexibility index (Phi) is 11.6. The summed E-state index contributed by atoms with van der Waals surface area (Å²) in [6.45, 7) is 1.35. The molecule has 0 bridgehead atoms. The maximum atomic E-state index is 14.4. The van der Waals surface area contributed by atoms with Gasteiger partial charge in [0.2, 0.25) is 11.8 Å². The number of carbonyl (C=O) groups excluding carboxylic acids is 2. The van der Waals surface area contributed by atoms with E-state index in [-0.39, 0.29) is 29.3 Å². The molecule has 242 valence electrons. The molecule has 0 saturated carbocycles. The molecule has 0 spiro atoms. The van der Waals surface area contributed by atoms with Crippen LogP contribution in [0.1, 0.15) is 18.1 Å². The molecule has 1 unspecified atom stereocenters. The third-order valence-electron chi connectivity index (χ3n) is 7.20. The molecule has 0 radical (unpaired) electrons. The summed E-state index contributed by atoms with van der Waals surface area (Å²) in [6, 6.07) is 23.9. The summed E-state index contributed by atoms with van der Waals surface area (Å²) in [4.78, 5) is 29.1. The van der Waals surface area contributed by atoms with E-state index >= 15 is 0 Å². The van der Waals surface area contributed by atoms with E-state index in [9.17, 15) is 22.4 Å². The van der Waals surface area contributed by atoms with Gasteiger partial charge >= 0.3 is 0 Å². The molecule has 4 rings (SSSR count). The number of rotatable bonds is 14. The molecule has 0 aliphatic carbocycles. The second kappa shape index (κ2) is 15.6. The quantitative estimate of drug-likeness (QED) is 0.191. The van der Waals surface area contributed by atoms with E-state index in [1.807, 2.05) is 30.3 Å². The minimum Gasteiger partial charge on any atom is -0.493 e. The highest BCUT2D eigenvalue weighted by Crippen LogP contribution is 2.32. The van der Waals surface area contributed by atoms with Crippen molar-refractivity contribution in [3.63, 3.8) is 0 Å². The highest BCUT2D eigenvalue weighted by Gasteiger charge is 2.35. The number of ether oxygens (including phenoxy) is 2. The Morgan fingerprint density at radius 2 is 1.54 bits per heavy atom. The number of hydrogen-bond donors (Lipinski definition) is 1. The molecule has 9 nitrogen and oxygen atoms in total. The first-order valence-corrected chi connectivity index (χ1v) is 16.2. The highest BCUT2D eigenvalue weighted by molar-refractivity contribution is 7.92. The van der Waals surface area contributed by atoms with E-state index in [0.29, 0.717) is 22.9 Å². The maximum absolute atomic E-state index is 14.4. The van der Waals surface area contributed by atoms with Gasteiger partial charge < -0.3 is 19.7 Å². The molecule has 46 heavy (non-hydrogen) atoms. The van der Waals surface area contributed by atoms with Gasteiger partial charge in [-0.15, -0.1) is 0 Å². The van der Waals surface area contributed by atoms with Crippen LogP contribution in [0.15, 0.2) is 102 Å². The van der Waals surface area contributed by atoms with Crippen molar-refractivity contribution >= 4 is 39.1 Å². The highest BCUT2D eigenvalue weighted by atomic mass is 35.5. The van der Waals surface area contributed by atoms with Crippen LogP contribution in [0, 0.1) is 5.82 Å². The SMILES string of the molecule is CCNC(=O)C(Cc1ccccc1)N(Cc1cccc(Cl)c1)C(=O)CN(c1ccc(F)cc1)S(=O)(=O)c1ccc(OC)c(OC)c1. The molecule has 4 aromatic rings. The van der Waals surface area contributed by atoms with Crippen molar-refractivity contribution in [3.8, 4) is 11.5 Å². The van der Waals surface area contributed by atoms with E-state index in [1.54, 1.807) is 31.2 Å². The zero-order valence-electron chi connectivity index (χ0n) is 25.7. The van der Waals surface area contributed by atoms with Crippen LogP contribution in [-0.2, 0) is 32.6 Å². The average molecular weight is 668 g/mol. The predicted octanol–water partition coefficient (Wildman–Crippen LogP) is 5.47. The Morgan fingerprint density at radius 1 is 0.870 bits per heavy atom. The lowest BCUT2D eigenvalue weighted by molar-refractivity contribution is -0.140. The molecule has 0 aliphatic rings. The molecule has 0 aromatic heterocycles. The number of nitrogens with zero attached hydrogens (tertiary/aromatic N) is 2. The number of sulfonamides is 1. The van der Waals surface area contributed by atoms with Crippen molar-refractivity contribution in [1.29, 1.82) is 0 Å². The van der Waals surface area contributed by atoms with E-state index in [0.717, 1.165) is 22.0 Å². The van der Waals surface area contributed by atoms with Crippen molar-refractivity contribution in [2.24, 2.45) is 0 Å². The topological polar surface area (TPSA) is 105 Å². The Hall–Kier alpha value is -4.61. The minimum absolute atomic E-state index is 0.0400. The number of hydrogen-bond acceptors (Lipinski definition) is 6. The van der Waals surface area contributed by atoms with E-state index < -0.39 is 40.2 Å². The first kappa shape index (κ1) is 34.3. The van der Waals surface area contributed by atoms with Gasteiger partial charge in [0.1, 0.15) is 18.4 Å². The molecule has 0 heterocycles. The summed E-state index contributed by atoms with van der Waals surface area (Å²) in [5.41, 5.74) is 1.49. The smallest absolute Gasteiger partial charge is 0.264 e. The summed E-state index contributed by atoms with van der Waals surface area (Å²) in [6.07, 6.45) is 0.165. The van der Waals surface area contributed by atoms with Crippen molar-refractivity contribution in [3.05, 3.63) is 119 Å². The molecule has 2 amide bonds. The van der Waals surface area contributed by atoms with Gasteiger partial charge in [-0.3, -0.25) is 13.9 Å². The standard InChI is InChI=1S/C34H35ClFN3O6S/c1-4-37-34(41)30(20-24-9-6-5-7-10-24)38(22-25-11-8-12-26(35)19-25)33(40)23-39(28-15-13-27(36)14-16-28)46(42,43)29-17-18-31(44-2)32(21-29)45-3/h5-19,21,30H,4,20,22-23H2,1-3H3,(H,37,41). The van der Waals surface area contributed by atoms with Crippen LogP contribution in [0.2, 0.25) is 5.02 Å². The van der Waals surface area contributed by atoms with Crippen molar-refractivity contribution < 1.29 is 31.9 Å². The lowest BCUT2D eigenvalue weighted by Gasteiger charge is -2.34. The largest absolute Gasteiger partial charge is 0.493 e. The molecule has 4 aromatic carbocycles. The number of anilines is 1. The van der Waals surface area contributed by atoms with Crippen molar-refractivity contribution in [2.45, 2.75) is 30.8 Å². The van der Waals surface area contributed by atoms with Gasteiger partial charge in [-0.25, -0.2) is 12.8 Å². The van der Waals surface area contributed by atoms with Gasteiger partial charge in [-0.05, 0) is 66.6 Å². The van der Waals surface area contributed by atoms with Gasteiger partial charge in [-0.1, -0.05) is 54.1 Å². The van der Waals surface area contributed by atoms with E-state index in [1.165, 1.54) is 49.5 Å². The average Bonchev–Trinajstić information content (AvgIpc) is 3.05. The molecule has 0 saturated heterocycles. The van der Waals surface area contributed by atoms with Gasteiger partial charge in [0.05, 0.1) is 24.8 Å². The first-order valence-electron chi connectivity index (χ1n) is 14.4. The zero-order valence-corrected chi connectivity index (χ0v) is 27.2. The number of nitrogens with one attached hydrogen (secondary N) is 1. The van der Waals surface area contributed by atoms with Gasteiger partial charge in [0, 0.05) is 30.6 Å². The number of amides is 2. The van der Waals surface area contributed by atoms with E-state index in [2.05, 4.69) is 5.32 Å². The van der Waals surface area contributed by atoms with Gasteiger partial charge in [0.25, 0.3) is 10.0 Å². The molecule has 1 atom stereocenters. The van der Waals surface area contributed by atoms with Crippen LogP contribution in [-0.4, -0.2) is 58.5 Å². The molecule has 1 N–H and O–H groups in total. The fraction of sp³-hybridized carbons (Fsp3) is 0.235. The number of carbonyl (C=O) groups is 2. The minimum atomic E-state index is -4.44. The second-order valence-electron chi connectivity index (χ2n) is 10.3. The first-order chi connectivity index (χ1) is 22.1. The summed E-state index contributed by atoms with van der Waals surface area (Å²) >= 11 is 6.26. The Morgan fingerprint density at radius 3 is 2.17 bits per heavy atom. The third kappa shape index (κ3) is 8.35. The van der Waals surface area contributed by atoms with Gasteiger partial charge in [0.15, 0.2) is 11.5 Å². The summed E-state index contributed by atoms with van der Waals surface area (Å²) in [5.74, 6) is -1.18. The molecule has 12 heteroatoms. The molecule has 0 aliphatic heterocycles. The van der Waals surface area contributed by atoms with Gasteiger partial charge in [-0.2, -0.15) is 0 Å². The predicted molar refractivity (Wildman–Crippen MR) is 175 cm³/mol. The zero-order chi connectivity index (χ0) is 33.3. The number of halogens is 2. The normalized spacial score (nSPS) is 11.8. The van der Waals surface area contributed by atoms with Crippen LogP contribution in [0.4, 0.5) is 10.1 Å². The van der Waals surface area contributed by atoms with E-state index in [4.69, 9.17) is 21.1 Å². The van der Waals surface area contributed by atoms with Crippen molar-refractivity contribution in [1.82, 2.24) is 10.2 Å². The third-order valence-corrected chi connectivity index (χ3v) is 9.21. The Bertz CT molecular complexity index is 1760. The van der Waals surface area contributed by atoms with Crippen LogP contribution in [0.3, 0.4) is 0 Å². The second-order valence-corrected chi connectivity index (χ2v) is 12.6. The number of likely N-dealkylation sites (N-methyl/N-ethyl adjacent to an activating group) is 1. The van der Waals surface area contributed by atoms with Crippen LogP contribution in [0.5, 0.6) is 11.5 Å². The maximum Gasteiger partial charge on any atom is 0.264 e. The fourth-order valence-electron chi connectivity index (χ4n) is 4.92. The summed E-state index contributed by atoms with van der Waals surface area (Å²) in [5, 5.41) is 3.25. The number of methoxy groups -OCH3 is 2. The summed E-state index contributed by atoms with van der Waals surface area (Å²) < 4.78 is 53.8.